The van der Waals surface area contributed by atoms with Gasteiger partial charge in [-0.1, -0.05) is 12.1 Å². The van der Waals surface area contributed by atoms with Gasteiger partial charge >= 0.3 is 6.03 Å². The van der Waals surface area contributed by atoms with Crippen LogP contribution < -0.4 is 10.1 Å². The van der Waals surface area contributed by atoms with E-state index in [4.69, 9.17) is 9.84 Å². The largest absolute Gasteiger partial charge is 0.495 e. The van der Waals surface area contributed by atoms with E-state index in [-0.39, 0.29) is 18.6 Å². The van der Waals surface area contributed by atoms with Crippen molar-refractivity contribution in [2.45, 2.75) is 6.42 Å². The maximum absolute atomic E-state index is 12.0. The van der Waals surface area contributed by atoms with Crippen molar-refractivity contribution in [3.8, 4) is 5.75 Å². The lowest BCUT2D eigenvalue weighted by atomic mass is 10.1. The van der Waals surface area contributed by atoms with Crippen molar-refractivity contribution in [1.29, 1.82) is 0 Å². The van der Waals surface area contributed by atoms with Gasteiger partial charge in [0.05, 0.1) is 12.8 Å². The zero-order chi connectivity index (χ0) is 13.0. The topological polar surface area (TPSA) is 61.8 Å². The SMILES string of the molecule is COc1ccccc1NC(=O)N1CCC(CO)C1. The van der Waals surface area contributed by atoms with Crippen molar-refractivity contribution in [3.05, 3.63) is 24.3 Å². The Morgan fingerprint density at radius 1 is 1.56 bits per heavy atom. The number of nitrogens with one attached hydrogen (secondary N) is 1. The van der Waals surface area contributed by atoms with Gasteiger partial charge in [-0.25, -0.2) is 4.79 Å². The van der Waals surface area contributed by atoms with Crippen molar-refractivity contribution < 1.29 is 14.6 Å². The molecule has 1 aromatic rings. The fraction of sp³-hybridized carbons (Fsp3) is 0.462. The van der Waals surface area contributed by atoms with E-state index in [2.05, 4.69) is 5.32 Å². The monoisotopic (exact) mass is 250 g/mol. The van der Waals surface area contributed by atoms with E-state index < -0.39 is 0 Å². The summed E-state index contributed by atoms with van der Waals surface area (Å²) in [5.74, 6) is 0.845. The molecule has 0 saturated carbocycles. The Bertz CT molecular complexity index is 422. The third-order valence-electron chi connectivity index (χ3n) is 3.18. The quantitative estimate of drug-likeness (QED) is 0.855. The van der Waals surface area contributed by atoms with Crippen molar-refractivity contribution >= 4 is 11.7 Å². The minimum absolute atomic E-state index is 0.137. The smallest absolute Gasteiger partial charge is 0.321 e. The standard InChI is InChI=1S/C13H18N2O3/c1-18-12-5-3-2-4-11(12)14-13(17)15-7-6-10(8-15)9-16/h2-5,10,16H,6-9H2,1H3,(H,14,17). The van der Waals surface area contributed by atoms with Crippen LogP contribution in [0, 0.1) is 5.92 Å². The lowest BCUT2D eigenvalue weighted by Crippen LogP contribution is -2.33. The van der Waals surface area contributed by atoms with E-state index in [1.165, 1.54) is 0 Å². The number of carbonyl (C=O) groups excluding carboxylic acids is 1. The predicted octanol–water partition coefficient (Wildman–Crippen LogP) is 1.54. The highest BCUT2D eigenvalue weighted by molar-refractivity contribution is 5.91. The summed E-state index contributed by atoms with van der Waals surface area (Å²) in [6.45, 7) is 1.43. The first-order chi connectivity index (χ1) is 8.74. The number of rotatable bonds is 3. The van der Waals surface area contributed by atoms with E-state index >= 15 is 0 Å². The second-order valence-electron chi connectivity index (χ2n) is 4.41. The Balaban J connectivity index is 1.99. The number of amides is 2. The van der Waals surface area contributed by atoms with Gasteiger partial charge in [-0.15, -0.1) is 0 Å². The van der Waals surface area contributed by atoms with Gasteiger partial charge in [0, 0.05) is 25.6 Å². The van der Waals surface area contributed by atoms with E-state index in [0.29, 0.717) is 24.5 Å². The first-order valence-corrected chi connectivity index (χ1v) is 6.04. The molecule has 18 heavy (non-hydrogen) atoms. The number of hydrogen-bond acceptors (Lipinski definition) is 3. The number of anilines is 1. The molecule has 1 unspecified atom stereocenters. The molecule has 0 spiro atoms. The van der Waals surface area contributed by atoms with Crippen molar-refractivity contribution in [2.75, 3.05) is 32.1 Å². The number of carbonyl (C=O) groups is 1. The van der Waals surface area contributed by atoms with Crippen LogP contribution in [0.5, 0.6) is 5.75 Å². The van der Waals surface area contributed by atoms with E-state index in [9.17, 15) is 4.79 Å². The summed E-state index contributed by atoms with van der Waals surface area (Å²) >= 11 is 0. The number of aliphatic hydroxyl groups is 1. The molecule has 1 fully saturated rings. The number of benzene rings is 1. The highest BCUT2D eigenvalue weighted by Gasteiger charge is 2.25. The zero-order valence-electron chi connectivity index (χ0n) is 10.4. The average Bonchev–Trinajstić information content (AvgIpc) is 2.88. The van der Waals surface area contributed by atoms with Gasteiger partial charge in [0.15, 0.2) is 0 Å². The Hall–Kier alpha value is -1.75. The van der Waals surface area contributed by atoms with E-state index in [0.717, 1.165) is 6.42 Å². The number of hydrogen-bond donors (Lipinski definition) is 2. The molecular weight excluding hydrogens is 232 g/mol. The number of likely N-dealkylation sites (tertiary alicyclic amines) is 1. The summed E-state index contributed by atoms with van der Waals surface area (Å²) < 4.78 is 5.18. The zero-order valence-corrected chi connectivity index (χ0v) is 10.4. The Labute approximate surface area is 106 Å². The Kier molecular flexibility index (Phi) is 4.04. The average molecular weight is 250 g/mol. The van der Waals surface area contributed by atoms with Crippen LogP contribution in [0.4, 0.5) is 10.5 Å². The highest BCUT2D eigenvalue weighted by atomic mass is 16.5. The summed E-state index contributed by atoms with van der Waals surface area (Å²) in [6, 6.07) is 7.16. The van der Waals surface area contributed by atoms with Gasteiger partial charge in [-0.05, 0) is 18.6 Å². The number of nitrogens with zero attached hydrogens (tertiary/aromatic N) is 1. The van der Waals surface area contributed by atoms with Crippen LogP contribution in [-0.4, -0.2) is 42.8 Å². The molecule has 2 rings (SSSR count). The number of methoxy groups -OCH3 is 1. The molecule has 1 aliphatic rings. The lowest BCUT2D eigenvalue weighted by Gasteiger charge is -2.18. The molecule has 0 bridgehead atoms. The van der Waals surface area contributed by atoms with Crippen molar-refractivity contribution in [2.24, 2.45) is 5.92 Å². The van der Waals surface area contributed by atoms with Gasteiger partial charge < -0.3 is 20.1 Å². The maximum atomic E-state index is 12.0. The fourth-order valence-corrected chi connectivity index (χ4v) is 2.11. The first-order valence-electron chi connectivity index (χ1n) is 6.04. The fourth-order valence-electron chi connectivity index (χ4n) is 2.11. The molecule has 2 amide bonds. The molecular formula is C13H18N2O3. The molecule has 0 aromatic heterocycles. The first kappa shape index (κ1) is 12.7. The molecule has 98 valence electrons. The molecule has 1 heterocycles. The van der Waals surface area contributed by atoms with Gasteiger partial charge in [-0.3, -0.25) is 0 Å². The third-order valence-corrected chi connectivity index (χ3v) is 3.18. The lowest BCUT2D eigenvalue weighted by molar-refractivity contribution is 0.208. The van der Waals surface area contributed by atoms with Crippen molar-refractivity contribution in [3.63, 3.8) is 0 Å². The Morgan fingerprint density at radius 2 is 2.33 bits per heavy atom. The summed E-state index contributed by atoms with van der Waals surface area (Å²) in [4.78, 5) is 13.7. The molecule has 2 N–H and O–H groups in total. The minimum atomic E-state index is -0.143. The molecule has 0 radical (unpaired) electrons. The summed E-state index contributed by atoms with van der Waals surface area (Å²) in [7, 11) is 1.57. The summed E-state index contributed by atoms with van der Waals surface area (Å²) in [5.41, 5.74) is 0.664. The molecule has 1 atom stereocenters. The second kappa shape index (κ2) is 5.73. The van der Waals surface area contributed by atoms with Crippen LogP contribution in [0.15, 0.2) is 24.3 Å². The third kappa shape index (κ3) is 2.73. The van der Waals surface area contributed by atoms with Crippen LogP contribution >= 0.6 is 0 Å². The normalized spacial score (nSPS) is 18.8. The van der Waals surface area contributed by atoms with Crippen LogP contribution in [0.2, 0.25) is 0 Å². The number of urea groups is 1. The number of ether oxygens (including phenoxy) is 1. The van der Waals surface area contributed by atoms with Gasteiger partial charge in [0.1, 0.15) is 5.75 Å². The second-order valence-corrected chi connectivity index (χ2v) is 4.41. The van der Waals surface area contributed by atoms with Crippen molar-refractivity contribution in [1.82, 2.24) is 4.90 Å². The van der Waals surface area contributed by atoms with Gasteiger partial charge in [-0.2, -0.15) is 0 Å². The number of aliphatic hydroxyl groups excluding tert-OH is 1. The molecule has 0 aliphatic carbocycles. The predicted molar refractivity (Wildman–Crippen MR) is 68.8 cm³/mol. The van der Waals surface area contributed by atoms with E-state index in [1.54, 1.807) is 24.1 Å². The van der Waals surface area contributed by atoms with Gasteiger partial charge in [0.2, 0.25) is 0 Å². The van der Waals surface area contributed by atoms with Crippen LogP contribution in [0.3, 0.4) is 0 Å². The molecule has 1 saturated heterocycles. The molecule has 5 nitrogen and oxygen atoms in total. The van der Waals surface area contributed by atoms with E-state index in [1.807, 2.05) is 12.1 Å². The van der Waals surface area contributed by atoms with Gasteiger partial charge in [0.25, 0.3) is 0 Å². The molecule has 5 heteroatoms. The highest BCUT2D eigenvalue weighted by Crippen LogP contribution is 2.24. The van der Waals surface area contributed by atoms with Crippen LogP contribution in [-0.2, 0) is 0 Å². The number of para-hydroxylation sites is 2. The van der Waals surface area contributed by atoms with Crippen LogP contribution in [0.25, 0.3) is 0 Å². The minimum Gasteiger partial charge on any atom is -0.495 e. The molecule has 1 aliphatic heterocycles. The molecule has 1 aromatic carbocycles. The summed E-state index contributed by atoms with van der Waals surface area (Å²) in [6.07, 6.45) is 0.857. The summed E-state index contributed by atoms with van der Waals surface area (Å²) in [5, 5.41) is 11.9. The van der Waals surface area contributed by atoms with Crippen LogP contribution in [0.1, 0.15) is 6.42 Å². The Morgan fingerprint density at radius 3 is 3.00 bits per heavy atom. The maximum Gasteiger partial charge on any atom is 0.321 e.